The highest BCUT2D eigenvalue weighted by Gasteiger charge is 2.18. The molecule has 0 saturated carbocycles. The van der Waals surface area contributed by atoms with Crippen LogP contribution in [0.5, 0.6) is 5.75 Å². The summed E-state index contributed by atoms with van der Waals surface area (Å²) in [7, 11) is 0. The Morgan fingerprint density at radius 3 is 2.38 bits per heavy atom. The van der Waals surface area contributed by atoms with Gasteiger partial charge in [0.15, 0.2) is 0 Å². The first-order chi connectivity index (χ1) is 12.5. The van der Waals surface area contributed by atoms with Crippen molar-refractivity contribution in [1.82, 2.24) is 5.32 Å². The van der Waals surface area contributed by atoms with E-state index < -0.39 is 17.8 Å². The second-order valence-electron chi connectivity index (χ2n) is 5.46. The summed E-state index contributed by atoms with van der Waals surface area (Å²) >= 11 is 1.34. The average Bonchev–Trinajstić information content (AvgIpc) is 2.61. The molecule has 5 nitrogen and oxygen atoms in total. The van der Waals surface area contributed by atoms with E-state index in [1.165, 1.54) is 36.0 Å². The lowest BCUT2D eigenvalue weighted by Gasteiger charge is -2.17. The van der Waals surface area contributed by atoms with Gasteiger partial charge in [-0.1, -0.05) is 12.1 Å². The van der Waals surface area contributed by atoms with Crippen LogP contribution in [0.2, 0.25) is 0 Å². The second-order valence-corrected chi connectivity index (χ2v) is 6.51. The van der Waals surface area contributed by atoms with Gasteiger partial charge in [0.2, 0.25) is 5.91 Å². The van der Waals surface area contributed by atoms with Crippen LogP contribution in [0.25, 0.3) is 0 Å². The smallest absolute Gasteiger partial charge is 0.305 e. The van der Waals surface area contributed by atoms with Gasteiger partial charge in [-0.15, -0.1) is 11.8 Å². The molecule has 1 amide bonds. The summed E-state index contributed by atoms with van der Waals surface area (Å²) in [6, 6.07) is 12.1. The fraction of sp³-hybridized carbons (Fsp3) is 0.263. The number of aliphatic carboxylic acids is 1. The Morgan fingerprint density at radius 1 is 1.15 bits per heavy atom. The van der Waals surface area contributed by atoms with Gasteiger partial charge in [-0.2, -0.15) is 0 Å². The first-order valence-electron chi connectivity index (χ1n) is 8.10. The number of ether oxygens (including phenoxy) is 1. The van der Waals surface area contributed by atoms with E-state index in [0.717, 1.165) is 10.6 Å². The quantitative estimate of drug-likeness (QED) is 0.653. The zero-order valence-electron chi connectivity index (χ0n) is 14.3. The van der Waals surface area contributed by atoms with Gasteiger partial charge < -0.3 is 15.2 Å². The molecule has 1 atom stereocenters. The Morgan fingerprint density at radius 2 is 1.81 bits per heavy atom. The summed E-state index contributed by atoms with van der Waals surface area (Å²) in [5.74, 6) is -0.844. The lowest BCUT2D eigenvalue weighted by Crippen LogP contribution is -2.31. The van der Waals surface area contributed by atoms with Gasteiger partial charge in [0.1, 0.15) is 11.6 Å². The van der Waals surface area contributed by atoms with Crippen LogP contribution in [-0.2, 0) is 9.59 Å². The first kappa shape index (κ1) is 19.8. The van der Waals surface area contributed by atoms with Crippen LogP contribution in [0.4, 0.5) is 4.39 Å². The number of halogens is 1. The fourth-order valence-electron chi connectivity index (χ4n) is 2.31. The summed E-state index contributed by atoms with van der Waals surface area (Å²) in [6.07, 6.45) is -0.273. The molecule has 2 rings (SSSR count). The number of nitrogens with one attached hydrogen (secondary N) is 1. The van der Waals surface area contributed by atoms with Crippen molar-refractivity contribution in [2.24, 2.45) is 0 Å². The molecule has 2 aromatic carbocycles. The van der Waals surface area contributed by atoms with Crippen LogP contribution in [0.3, 0.4) is 0 Å². The predicted molar refractivity (Wildman–Crippen MR) is 97.9 cm³/mol. The molecule has 0 aromatic heterocycles. The van der Waals surface area contributed by atoms with Crippen LogP contribution < -0.4 is 10.1 Å². The fourth-order valence-corrected chi connectivity index (χ4v) is 3.02. The SMILES string of the molecule is CCOc1ccc(SCC(=O)NC(CC(=O)O)c2ccc(F)cc2)cc1. The van der Waals surface area contributed by atoms with Crippen LogP contribution in [0.15, 0.2) is 53.4 Å². The van der Waals surface area contributed by atoms with Gasteiger partial charge in [-0.05, 0) is 48.9 Å². The number of benzene rings is 2. The Labute approximate surface area is 155 Å². The molecule has 0 fully saturated rings. The van der Waals surface area contributed by atoms with Gasteiger partial charge in [0, 0.05) is 4.90 Å². The van der Waals surface area contributed by atoms with Gasteiger partial charge in [-0.3, -0.25) is 9.59 Å². The normalized spacial score (nSPS) is 11.6. The number of carbonyl (C=O) groups excluding carboxylic acids is 1. The molecule has 0 spiro atoms. The van der Waals surface area contributed by atoms with E-state index >= 15 is 0 Å². The second kappa shape index (κ2) is 9.82. The van der Waals surface area contributed by atoms with Crippen molar-refractivity contribution in [3.05, 3.63) is 59.9 Å². The molecule has 0 bridgehead atoms. The number of carboxylic acid groups (broad SMARTS) is 1. The zero-order valence-corrected chi connectivity index (χ0v) is 15.1. The molecule has 0 heterocycles. The summed E-state index contributed by atoms with van der Waals surface area (Å²) in [5.41, 5.74) is 0.549. The molecular formula is C19H20FNO4S. The minimum atomic E-state index is -1.04. The molecule has 1 unspecified atom stereocenters. The summed E-state index contributed by atoms with van der Waals surface area (Å²) in [4.78, 5) is 24.2. The van der Waals surface area contributed by atoms with Crippen LogP contribution in [0.1, 0.15) is 24.9 Å². The standard InChI is InChI=1S/C19H20FNO4S/c1-2-25-15-7-9-16(10-8-15)26-12-18(22)21-17(11-19(23)24)13-3-5-14(20)6-4-13/h3-10,17H,2,11-12H2,1H3,(H,21,22)(H,23,24). The largest absolute Gasteiger partial charge is 0.494 e. The lowest BCUT2D eigenvalue weighted by molar-refractivity contribution is -0.137. The monoisotopic (exact) mass is 377 g/mol. The Kier molecular flexibility index (Phi) is 7.47. The van der Waals surface area contributed by atoms with E-state index in [1.54, 1.807) is 0 Å². The van der Waals surface area contributed by atoms with E-state index in [0.29, 0.717) is 12.2 Å². The van der Waals surface area contributed by atoms with Gasteiger partial charge >= 0.3 is 5.97 Å². The molecule has 2 aromatic rings. The van der Waals surface area contributed by atoms with Crippen molar-refractivity contribution < 1.29 is 23.8 Å². The molecule has 0 aliphatic rings. The molecule has 2 N–H and O–H groups in total. The topological polar surface area (TPSA) is 75.6 Å². The Hall–Kier alpha value is -2.54. The third kappa shape index (κ3) is 6.40. The molecule has 0 saturated heterocycles. The summed E-state index contributed by atoms with van der Waals surface area (Å²) in [6.45, 7) is 2.49. The number of amides is 1. The molecule has 26 heavy (non-hydrogen) atoms. The maximum absolute atomic E-state index is 13.0. The number of hydrogen-bond acceptors (Lipinski definition) is 4. The van der Waals surface area contributed by atoms with Crippen molar-refractivity contribution in [1.29, 1.82) is 0 Å². The minimum absolute atomic E-state index is 0.144. The van der Waals surface area contributed by atoms with E-state index in [4.69, 9.17) is 9.84 Å². The van der Waals surface area contributed by atoms with Crippen molar-refractivity contribution in [2.75, 3.05) is 12.4 Å². The van der Waals surface area contributed by atoms with Gasteiger partial charge in [0.05, 0.1) is 24.8 Å². The number of carboxylic acids is 1. The third-order valence-corrected chi connectivity index (χ3v) is 4.50. The average molecular weight is 377 g/mol. The highest BCUT2D eigenvalue weighted by atomic mass is 32.2. The summed E-state index contributed by atoms with van der Waals surface area (Å²) in [5, 5.41) is 11.7. The number of thioether (sulfide) groups is 1. The number of hydrogen-bond donors (Lipinski definition) is 2. The number of carbonyl (C=O) groups is 2. The van der Waals surface area contributed by atoms with Crippen molar-refractivity contribution >= 4 is 23.6 Å². The van der Waals surface area contributed by atoms with E-state index in [1.807, 2.05) is 31.2 Å². The van der Waals surface area contributed by atoms with Crippen LogP contribution in [-0.4, -0.2) is 29.3 Å². The van der Waals surface area contributed by atoms with Crippen molar-refractivity contribution in [3.8, 4) is 5.75 Å². The zero-order chi connectivity index (χ0) is 18.9. The van der Waals surface area contributed by atoms with Gasteiger partial charge in [0.25, 0.3) is 0 Å². The highest BCUT2D eigenvalue weighted by Crippen LogP contribution is 2.22. The lowest BCUT2D eigenvalue weighted by atomic mass is 10.0. The minimum Gasteiger partial charge on any atom is -0.494 e. The van der Waals surface area contributed by atoms with Crippen LogP contribution >= 0.6 is 11.8 Å². The van der Waals surface area contributed by atoms with Crippen molar-refractivity contribution in [2.45, 2.75) is 24.3 Å². The van der Waals surface area contributed by atoms with Crippen LogP contribution in [0, 0.1) is 5.82 Å². The predicted octanol–water partition coefficient (Wildman–Crippen LogP) is 3.65. The molecule has 0 radical (unpaired) electrons. The van der Waals surface area contributed by atoms with Crippen molar-refractivity contribution in [3.63, 3.8) is 0 Å². The van der Waals surface area contributed by atoms with Gasteiger partial charge in [-0.25, -0.2) is 4.39 Å². The molecule has 7 heteroatoms. The number of rotatable bonds is 9. The Balaban J connectivity index is 1.93. The highest BCUT2D eigenvalue weighted by molar-refractivity contribution is 8.00. The maximum atomic E-state index is 13.0. The van der Waals surface area contributed by atoms with E-state index in [2.05, 4.69) is 5.32 Å². The maximum Gasteiger partial charge on any atom is 0.305 e. The summed E-state index contributed by atoms with van der Waals surface area (Å²) < 4.78 is 18.4. The molecular weight excluding hydrogens is 357 g/mol. The van der Waals surface area contributed by atoms with E-state index in [-0.39, 0.29) is 18.1 Å². The third-order valence-electron chi connectivity index (χ3n) is 3.49. The first-order valence-corrected chi connectivity index (χ1v) is 9.08. The Bertz CT molecular complexity index is 734. The molecule has 0 aliphatic heterocycles. The van der Waals surface area contributed by atoms with E-state index in [9.17, 15) is 14.0 Å². The molecule has 0 aliphatic carbocycles. The molecule has 138 valence electrons.